The van der Waals surface area contributed by atoms with Crippen LogP contribution in [0, 0.1) is 0 Å². The summed E-state index contributed by atoms with van der Waals surface area (Å²) >= 11 is 0. The van der Waals surface area contributed by atoms with Crippen LogP contribution in [0.3, 0.4) is 0 Å². The van der Waals surface area contributed by atoms with Crippen molar-refractivity contribution in [1.82, 2.24) is 0 Å². The summed E-state index contributed by atoms with van der Waals surface area (Å²) in [6, 6.07) is 20.4. The van der Waals surface area contributed by atoms with Crippen LogP contribution in [0.15, 0.2) is 82.0 Å². The summed E-state index contributed by atoms with van der Waals surface area (Å²) in [5.41, 5.74) is 0.222. The molecule has 4 rings (SSSR count). The van der Waals surface area contributed by atoms with Crippen LogP contribution in [0.1, 0.15) is 10.4 Å². The quantitative estimate of drug-likeness (QED) is 0.532. The number of fused-ring (bicyclic) bond motifs is 1. The summed E-state index contributed by atoms with van der Waals surface area (Å²) < 4.78 is 11.8. The van der Waals surface area contributed by atoms with E-state index in [1.165, 1.54) is 18.2 Å². The second kappa shape index (κ2) is 6.80. The zero-order chi connectivity index (χ0) is 18.8. The summed E-state index contributed by atoms with van der Waals surface area (Å²) in [6.45, 7) is 0. The van der Waals surface area contributed by atoms with Gasteiger partial charge in [-0.25, -0.2) is 0 Å². The summed E-state index contributed by atoms with van der Waals surface area (Å²) in [4.78, 5) is 23.9. The number of carbonyl (C=O) groups excluding carboxylic acids is 1. The Hall–Kier alpha value is -3.86. The molecule has 0 aliphatic carbocycles. The van der Waals surface area contributed by atoms with Gasteiger partial charge in [0.25, 0.3) is 0 Å². The smallest absolute Gasteiger partial charge is 0.193 e. The number of hydrogen-bond donors (Lipinski definition) is 1. The molecule has 1 heterocycles. The van der Waals surface area contributed by atoms with Gasteiger partial charge in [-0.2, -0.15) is 0 Å². The number of aldehydes is 1. The Kier molecular flexibility index (Phi) is 4.18. The van der Waals surface area contributed by atoms with Crippen molar-refractivity contribution in [2.75, 3.05) is 0 Å². The third-order valence-corrected chi connectivity index (χ3v) is 4.15. The highest BCUT2D eigenvalue weighted by Crippen LogP contribution is 2.35. The van der Waals surface area contributed by atoms with Crippen molar-refractivity contribution in [2.45, 2.75) is 0 Å². The van der Waals surface area contributed by atoms with Crippen molar-refractivity contribution in [3.8, 4) is 28.6 Å². The number of hydrogen-bond acceptors (Lipinski definition) is 5. The van der Waals surface area contributed by atoms with E-state index in [9.17, 15) is 14.7 Å². The summed E-state index contributed by atoms with van der Waals surface area (Å²) in [6.07, 6.45) is 0.469. The molecule has 5 nitrogen and oxygen atoms in total. The Bertz CT molecular complexity index is 1190. The predicted molar refractivity (Wildman–Crippen MR) is 101 cm³/mol. The molecule has 0 atom stereocenters. The molecule has 1 aromatic heterocycles. The highest BCUT2D eigenvalue weighted by molar-refractivity contribution is 5.97. The molecular formula is C22H14O5. The lowest BCUT2D eigenvalue weighted by Crippen LogP contribution is -2.02. The fraction of sp³-hybridized carbons (Fsp3) is 0. The monoisotopic (exact) mass is 358 g/mol. The number of carbonyl (C=O) groups is 1. The lowest BCUT2D eigenvalue weighted by atomic mass is 10.1. The molecular weight excluding hydrogens is 344 g/mol. The lowest BCUT2D eigenvalue weighted by molar-refractivity contribution is 0.112. The summed E-state index contributed by atoms with van der Waals surface area (Å²) in [7, 11) is 0. The van der Waals surface area contributed by atoms with Crippen LogP contribution in [0.5, 0.6) is 17.2 Å². The van der Waals surface area contributed by atoms with E-state index in [1.54, 1.807) is 18.2 Å². The van der Waals surface area contributed by atoms with Gasteiger partial charge in [-0.1, -0.05) is 30.3 Å². The number of rotatable bonds is 4. The van der Waals surface area contributed by atoms with Gasteiger partial charge < -0.3 is 14.3 Å². The van der Waals surface area contributed by atoms with Crippen molar-refractivity contribution < 1.29 is 19.1 Å². The molecule has 0 spiro atoms. The SMILES string of the molecule is O=Cc1c(O)ccc2c(=O)cc(-c3ccccc3Oc3ccccc3)oc12. The van der Waals surface area contributed by atoms with Gasteiger partial charge in [-0.05, 0) is 36.4 Å². The maximum absolute atomic E-state index is 12.5. The van der Waals surface area contributed by atoms with Gasteiger partial charge in [0.15, 0.2) is 17.3 Å². The van der Waals surface area contributed by atoms with Gasteiger partial charge in [0.05, 0.1) is 16.5 Å². The molecule has 5 heteroatoms. The third kappa shape index (κ3) is 3.06. The molecule has 132 valence electrons. The second-order valence-electron chi connectivity index (χ2n) is 5.88. The molecule has 0 aliphatic heterocycles. The first-order valence-corrected chi connectivity index (χ1v) is 8.24. The topological polar surface area (TPSA) is 76.7 Å². The second-order valence-corrected chi connectivity index (χ2v) is 5.88. The summed E-state index contributed by atoms with van der Waals surface area (Å²) in [5.74, 6) is 1.14. The van der Waals surface area contributed by atoms with Gasteiger partial charge in [0.2, 0.25) is 0 Å². The molecule has 0 amide bonds. The van der Waals surface area contributed by atoms with E-state index in [4.69, 9.17) is 9.15 Å². The number of ether oxygens (including phenoxy) is 1. The molecule has 0 radical (unpaired) electrons. The molecule has 0 aliphatic rings. The molecule has 4 aromatic rings. The fourth-order valence-corrected chi connectivity index (χ4v) is 2.85. The number of para-hydroxylation sites is 2. The standard InChI is InChI=1S/C22H14O5/c23-13-17-18(24)11-10-15-19(25)12-21(27-22(15)17)16-8-4-5-9-20(16)26-14-6-2-1-3-7-14/h1-13,24H. The Morgan fingerprint density at radius 3 is 2.44 bits per heavy atom. The van der Waals surface area contributed by atoms with Crippen molar-refractivity contribution in [3.05, 3.63) is 88.6 Å². The van der Waals surface area contributed by atoms with Crippen molar-refractivity contribution in [3.63, 3.8) is 0 Å². The Labute approximate surface area is 154 Å². The molecule has 3 aromatic carbocycles. The molecule has 0 saturated heterocycles. The number of phenolic OH excluding ortho intramolecular Hbond substituents is 1. The molecule has 0 fully saturated rings. The van der Waals surface area contributed by atoms with Crippen LogP contribution in [0.4, 0.5) is 0 Å². The Morgan fingerprint density at radius 1 is 0.926 bits per heavy atom. The van der Waals surface area contributed by atoms with Crippen LogP contribution in [0.25, 0.3) is 22.3 Å². The Balaban J connectivity index is 1.91. The van der Waals surface area contributed by atoms with Crippen LogP contribution in [0.2, 0.25) is 0 Å². The van der Waals surface area contributed by atoms with Gasteiger partial charge in [-0.15, -0.1) is 0 Å². The average molecular weight is 358 g/mol. The highest BCUT2D eigenvalue weighted by Gasteiger charge is 2.16. The van der Waals surface area contributed by atoms with Crippen LogP contribution < -0.4 is 10.2 Å². The van der Waals surface area contributed by atoms with Crippen LogP contribution in [-0.2, 0) is 0 Å². The van der Waals surface area contributed by atoms with E-state index >= 15 is 0 Å². The van der Waals surface area contributed by atoms with Gasteiger partial charge in [0.1, 0.15) is 23.0 Å². The fourth-order valence-electron chi connectivity index (χ4n) is 2.85. The zero-order valence-corrected chi connectivity index (χ0v) is 14.1. The minimum Gasteiger partial charge on any atom is -0.507 e. The lowest BCUT2D eigenvalue weighted by Gasteiger charge is -2.11. The van der Waals surface area contributed by atoms with E-state index in [0.29, 0.717) is 23.3 Å². The molecule has 0 unspecified atom stereocenters. The van der Waals surface area contributed by atoms with E-state index in [0.717, 1.165) is 0 Å². The molecule has 1 N–H and O–H groups in total. The van der Waals surface area contributed by atoms with Crippen molar-refractivity contribution in [2.24, 2.45) is 0 Å². The summed E-state index contributed by atoms with van der Waals surface area (Å²) in [5, 5.41) is 10.1. The Morgan fingerprint density at radius 2 is 1.67 bits per heavy atom. The molecule has 0 bridgehead atoms. The minimum atomic E-state index is -0.316. The van der Waals surface area contributed by atoms with Gasteiger partial charge >= 0.3 is 0 Å². The first kappa shape index (κ1) is 16.6. The van der Waals surface area contributed by atoms with Crippen LogP contribution >= 0.6 is 0 Å². The van der Waals surface area contributed by atoms with Gasteiger partial charge in [-0.3, -0.25) is 9.59 Å². The third-order valence-electron chi connectivity index (χ3n) is 4.15. The van der Waals surface area contributed by atoms with E-state index in [1.807, 2.05) is 36.4 Å². The molecule has 0 saturated carbocycles. The first-order chi connectivity index (χ1) is 13.2. The van der Waals surface area contributed by atoms with E-state index in [-0.39, 0.29) is 33.5 Å². The largest absolute Gasteiger partial charge is 0.507 e. The average Bonchev–Trinajstić information content (AvgIpc) is 2.69. The minimum absolute atomic E-state index is 0.0435. The zero-order valence-electron chi connectivity index (χ0n) is 14.1. The van der Waals surface area contributed by atoms with E-state index in [2.05, 4.69) is 0 Å². The van der Waals surface area contributed by atoms with Crippen LogP contribution in [-0.4, -0.2) is 11.4 Å². The normalized spacial score (nSPS) is 10.7. The van der Waals surface area contributed by atoms with Crippen molar-refractivity contribution in [1.29, 1.82) is 0 Å². The highest BCUT2D eigenvalue weighted by atomic mass is 16.5. The maximum Gasteiger partial charge on any atom is 0.193 e. The predicted octanol–water partition coefficient (Wildman–Crippen LogP) is 4.77. The maximum atomic E-state index is 12.5. The first-order valence-electron chi connectivity index (χ1n) is 8.24. The number of phenols is 1. The van der Waals surface area contributed by atoms with Crippen molar-refractivity contribution >= 4 is 17.3 Å². The van der Waals surface area contributed by atoms with E-state index < -0.39 is 0 Å². The molecule has 27 heavy (non-hydrogen) atoms. The number of benzene rings is 3. The van der Waals surface area contributed by atoms with Gasteiger partial charge in [0, 0.05) is 6.07 Å². The number of aromatic hydroxyl groups is 1.